The van der Waals surface area contributed by atoms with Crippen molar-refractivity contribution >= 4 is 29.7 Å². The number of amides is 3. The van der Waals surface area contributed by atoms with Crippen molar-refractivity contribution < 1.29 is 24.2 Å². The second kappa shape index (κ2) is 14.3. The zero-order chi connectivity index (χ0) is 32.7. The highest BCUT2D eigenvalue weighted by molar-refractivity contribution is 5.99. The van der Waals surface area contributed by atoms with Gasteiger partial charge >= 0.3 is 6.09 Å². The van der Waals surface area contributed by atoms with E-state index in [1.54, 1.807) is 43.9 Å². The third kappa shape index (κ3) is 8.96. The third-order valence-electron chi connectivity index (χ3n) is 7.49. The normalized spacial score (nSPS) is 12.9. The number of nitrogens with zero attached hydrogens (tertiary/aromatic N) is 1. The summed E-state index contributed by atoms with van der Waals surface area (Å²) in [7, 11) is 0. The van der Waals surface area contributed by atoms with Crippen LogP contribution < -0.4 is 10.6 Å². The summed E-state index contributed by atoms with van der Waals surface area (Å²) < 4.78 is 5.53. The number of anilines is 1. The first-order valence-corrected chi connectivity index (χ1v) is 14.8. The highest BCUT2D eigenvalue weighted by Crippen LogP contribution is 2.34. The molecule has 0 aliphatic rings. The molecule has 44 heavy (non-hydrogen) atoms. The molecule has 0 fully saturated rings. The van der Waals surface area contributed by atoms with Crippen molar-refractivity contribution in [2.45, 2.75) is 84.5 Å². The molecule has 0 heterocycles. The number of phenols is 1. The van der Waals surface area contributed by atoms with Gasteiger partial charge in [0.15, 0.2) is 0 Å². The van der Waals surface area contributed by atoms with Gasteiger partial charge in [0.05, 0.1) is 0 Å². The van der Waals surface area contributed by atoms with Crippen molar-refractivity contribution in [3.63, 3.8) is 0 Å². The molecule has 3 amide bonds. The van der Waals surface area contributed by atoms with Crippen molar-refractivity contribution in [1.29, 1.82) is 0 Å². The number of hydrogen-bond donors (Lipinski definition) is 3. The number of nitrogens with one attached hydrogen (secondary N) is 2. The number of ether oxygens (including phenoxy) is 1. The highest BCUT2D eigenvalue weighted by Gasteiger charge is 2.43. The summed E-state index contributed by atoms with van der Waals surface area (Å²) in [5.41, 5.74) is 2.01. The Bertz CT molecular complexity index is 1470. The summed E-state index contributed by atoms with van der Waals surface area (Å²) in [6.45, 7) is 16.8. The maximum atomic E-state index is 14.8. The van der Waals surface area contributed by atoms with Crippen LogP contribution in [0.25, 0.3) is 6.08 Å². The van der Waals surface area contributed by atoms with Gasteiger partial charge in [-0.15, -0.1) is 0 Å². The van der Waals surface area contributed by atoms with Crippen LogP contribution in [0.4, 0.5) is 10.5 Å². The molecule has 2 atom stereocenters. The maximum Gasteiger partial charge on any atom is 0.408 e. The molecule has 2 unspecified atom stereocenters. The number of carbonyl (C=O) groups is 3. The lowest BCUT2D eigenvalue weighted by Crippen LogP contribution is -2.59. The standard InChI is InChI=1S/C36H45N3O5/c1-9-25-15-13-16-27(22-25)31(32(41)37-29-17-12-11-14-24(29)3)39(36(7,8)10-2)33(42)30(38-34(43)44-35(4,5)6)23-26-18-20-28(40)21-19-26/h9,11-22,30-31,40H,1,10,23H2,2-8H3,(H,37,41)(H,38,43). The average molecular weight is 600 g/mol. The number of carbonyl (C=O) groups excluding carboxylic acids is 3. The van der Waals surface area contributed by atoms with E-state index in [2.05, 4.69) is 17.2 Å². The number of benzene rings is 3. The van der Waals surface area contributed by atoms with E-state index in [9.17, 15) is 19.5 Å². The van der Waals surface area contributed by atoms with E-state index in [0.29, 0.717) is 23.2 Å². The Hall–Kier alpha value is -4.59. The Morgan fingerprint density at radius 3 is 2.23 bits per heavy atom. The Morgan fingerprint density at radius 2 is 1.64 bits per heavy atom. The molecule has 0 spiro atoms. The van der Waals surface area contributed by atoms with Crippen LogP contribution in [0, 0.1) is 6.92 Å². The summed E-state index contributed by atoms with van der Waals surface area (Å²) >= 11 is 0. The van der Waals surface area contributed by atoms with Crippen LogP contribution >= 0.6 is 0 Å². The zero-order valence-corrected chi connectivity index (χ0v) is 26.8. The average Bonchev–Trinajstić information content (AvgIpc) is 2.96. The van der Waals surface area contributed by atoms with Crippen LogP contribution in [0.3, 0.4) is 0 Å². The SMILES string of the molecule is C=Cc1cccc(C(C(=O)Nc2ccccc2C)N(C(=O)C(Cc2ccc(O)cc2)NC(=O)OC(C)(C)C)C(C)(C)CC)c1. The molecule has 0 aromatic heterocycles. The van der Waals surface area contributed by atoms with E-state index in [0.717, 1.165) is 11.1 Å². The molecule has 234 valence electrons. The van der Waals surface area contributed by atoms with Gasteiger partial charge < -0.3 is 25.4 Å². The van der Waals surface area contributed by atoms with E-state index in [1.165, 1.54) is 12.1 Å². The first kappa shape index (κ1) is 33.9. The van der Waals surface area contributed by atoms with Crippen molar-refractivity contribution in [2.75, 3.05) is 5.32 Å². The van der Waals surface area contributed by atoms with Crippen LogP contribution in [0.5, 0.6) is 5.75 Å². The number of aryl methyl sites for hydroxylation is 1. The number of rotatable bonds is 11. The summed E-state index contributed by atoms with van der Waals surface area (Å²) in [6, 6.07) is 19.1. The number of aromatic hydroxyl groups is 1. The zero-order valence-electron chi connectivity index (χ0n) is 26.8. The number of para-hydroxylation sites is 1. The molecule has 0 saturated heterocycles. The number of alkyl carbamates (subject to hydrolysis) is 1. The molecule has 3 N–H and O–H groups in total. The lowest BCUT2D eigenvalue weighted by Gasteiger charge is -2.44. The molecule has 3 aromatic rings. The fraction of sp³-hybridized carbons (Fsp3) is 0.361. The monoisotopic (exact) mass is 599 g/mol. The Kier molecular flexibility index (Phi) is 11.0. The Balaban J connectivity index is 2.18. The highest BCUT2D eigenvalue weighted by atomic mass is 16.6. The minimum Gasteiger partial charge on any atom is -0.508 e. The number of phenolic OH excluding ortho intramolecular Hbond substituents is 1. The third-order valence-corrected chi connectivity index (χ3v) is 7.49. The molecule has 3 aromatic carbocycles. The molecule has 0 bridgehead atoms. The molecular formula is C36H45N3O5. The fourth-order valence-electron chi connectivity index (χ4n) is 4.82. The van der Waals surface area contributed by atoms with Crippen molar-refractivity contribution in [3.8, 4) is 5.75 Å². The van der Waals surface area contributed by atoms with Gasteiger partial charge in [-0.05, 0) is 94.5 Å². The van der Waals surface area contributed by atoms with Crippen molar-refractivity contribution in [3.05, 3.63) is 102 Å². The van der Waals surface area contributed by atoms with E-state index >= 15 is 0 Å². The summed E-state index contributed by atoms with van der Waals surface area (Å²) in [5.74, 6) is -0.763. The van der Waals surface area contributed by atoms with Crippen molar-refractivity contribution in [1.82, 2.24) is 10.2 Å². The quantitative estimate of drug-likeness (QED) is 0.216. The van der Waals surface area contributed by atoms with E-state index < -0.39 is 41.1 Å². The molecule has 8 heteroatoms. The van der Waals surface area contributed by atoms with Crippen molar-refractivity contribution in [2.24, 2.45) is 0 Å². The van der Waals surface area contributed by atoms with Crippen LogP contribution in [-0.2, 0) is 20.7 Å². The summed E-state index contributed by atoms with van der Waals surface area (Å²) in [5, 5.41) is 15.6. The molecular weight excluding hydrogens is 554 g/mol. The first-order chi connectivity index (χ1) is 20.6. The minimum atomic E-state index is -1.09. The van der Waals surface area contributed by atoms with Gasteiger partial charge in [0, 0.05) is 17.6 Å². The van der Waals surface area contributed by atoms with E-state index in [1.807, 2.05) is 76.2 Å². The lowest BCUT2D eigenvalue weighted by atomic mass is 9.90. The van der Waals surface area contributed by atoms with Crippen LogP contribution in [0.2, 0.25) is 0 Å². The molecule has 3 rings (SSSR count). The lowest BCUT2D eigenvalue weighted by molar-refractivity contribution is -0.147. The summed E-state index contributed by atoms with van der Waals surface area (Å²) in [4.78, 5) is 43.8. The van der Waals surface area contributed by atoms with Crippen LogP contribution in [0.15, 0.2) is 79.4 Å². The van der Waals surface area contributed by atoms with Gasteiger partial charge in [-0.1, -0.05) is 68.1 Å². The topological polar surface area (TPSA) is 108 Å². The fourth-order valence-corrected chi connectivity index (χ4v) is 4.82. The van der Waals surface area contributed by atoms with Gasteiger partial charge in [-0.2, -0.15) is 0 Å². The molecule has 0 aliphatic carbocycles. The molecule has 0 radical (unpaired) electrons. The number of hydrogen-bond acceptors (Lipinski definition) is 5. The predicted octanol–water partition coefficient (Wildman–Crippen LogP) is 7.18. The molecule has 0 aliphatic heterocycles. The second-order valence-corrected chi connectivity index (χ2v) is 12.5. The van der Waals surface area contributed by atoms with Gasteiger partial charge in [0.25, 0.3) is 5.91 Å². The minimum absolute atomic E-state index is 0.0838. The second-order valence-electron chi connectivity index (χ2n) is 12.5. The van der Waals surface area contributed by atoms with E-state index in [-0.39, 0.29) is 12.2 Å². The molecule has 8 nitrogen and oxygen atoms in total. The predicted molar refractivity (Wildman–Crippen MR) is 175 cm³/mol. The smallest absolute Gasteiger partial charge is 0.408 e. The largest absolute Gasteiger partial charge is 0.508 e. The Morgan fingerprint density at radius 1 is 0.977 bits per heavy atom. The van der Waals surface area contributed by atoms with Gasteiger partial charge in [-0.3, -0.25) is 9.59 Å². The first-order valence-electron chi connectivity index (χ1n) is 14.8. The Labute approximate surface area is 261 Å². The van der Waals surface area contributed by atoms with Gasteiger partial charge in [-0.25, -0.2) is 4.79 Å². The van der Waals surface area contributed by atoms with Crippen LogP contribution in [0.1, 0.15) is 76.3 Å². The maximum absolute atomic E-state index is 14.8. The van der Waals surface area contributed by atoms with Crippen LogP contribution in [-0.4, -0.2) is 45.1 Å². The summed E-state index contributed by atoms with van der Waals surface area (Å²) in [6.07, 6.45) is 1.56. The van der Waals surface area contributed by atoms with E-state index in [4.69, 9.17) is 4.74 Å². The van der Waals surface area contributed by atoms with Gasteiger partial charge in [0.1, 0.15) is 23.4 Å². The molecule has 0 saturated carbocycles. The van der Waals surface area contributed by atoms with Gasteiger partial charge in [0.2, 0.25) is 5.91 Å².